The third-order valence-corrected chi connectivity index (χ3v) is 3.96. The van der Waals surface area contributed by atoms with Crippen LogP contribution in [0, 0.1) is 21.4 Å². The molecule has 0 aromatic heterocycles. The van der Waals surface area contributed by atoms with E-state index in [-0.39, 0.29) is 5.69 Å². The van der Waals surface area contributed by atoms with Crippen molar-refractivity contribution >= 4 is 29.1 Å². The van der Waals surface area contributed by atoms with Crippen molar-refractivity contribution in [3.05, 3.63) is 68.7 Å². The monoisotopic (exact) mass is 304 g/mol. The number of nitrogens with zero attached hydrogens (tertiary/aromatic N) is 2. The van der Waals surface area contributed by atoms with E-state index >= 15 is 0 Å². The highest BCUT2D eigenvalue weighted by Crippen LogP contribution is 2.32. The average Bonchev–Trinajstić information content (AvgIpc) is 2.46. The molecule has 0 spiro atoms. The van der Waals surface area contributed by atoms with E-state index in [0.717, 1.165) is 5.56 Å². The van der Waals surface area contributed by atoms with Crippen molar-refractivity contribution in [3.63, 3.8) is 0 Å². The van der Waals surface area contributed by atoms with Crippen LogP contribution < -0.4 is 0 Å². The van der Waals surface area contributed by atoms with Crippen LogP contribution in [0.25, 0.3) is 0 Å². The number of hydrogen-bond acceptors (Lipinski definition) is 4. The van der Waals surface area contributed by atoms with Gasteiger partial charge in [-0.25, -0.2) is 0 Å². The van der Waals surface area contributed by atoms with Crippen LogP contribution in [-0.4, -0.2) is 4.92 Å². The molecule has 0 aliphatic rings. The number of hydrogen-bond donors (Lipinski definition) is 0. The molecule has 2 aromatic rings. The Morgan fingerprint density at radius 3 is 2.55 bits per heavy atom. The van der Waals surface area contributed by atoms with Gasteiger partial charge in [-0.15, -0.1) is 11.8 Å². The lowest BCUT2D eigenvalue weighted by atomic mass is 10.2. The number of benzene rings is 2. The zero-order chi connectivity index (χ0) is 14.5. The van der Waals surface area contributed by atoms with Gasteiger partial charge in [-0.3, -0.25) is 10.1 Å². The van der Waals surface area contributed by atoms with Gasteiger partial charge in [-0.05, 0) is 29.8 Å². The van der Waals surface area contributed by atoms with E-state index in [1.807, 2.05) is 18.2 Å². The maximum atomic E-state index is 11.0. The molecule has 0 aliphatic heterocycles. The smallest absolute Gasteiger partial charge is 0.258 e. The zero-order valence-corrected chi connectivity index (χ0v) is 11.8. The molecule has 0 amide bonds. The average molecular weight is 305 g/mol. The number of halogens is 1. The first-order valence-corrected chi connectivity index (χ1v) is 7.02. The van der Waals surface area contributed by atoms with E-state index in [4.69, 9.17) is 16.9 Å². The highest BCUT2D eigenvalue weighted by molar-refractivity contribution is 7.98. The largest absolute Gasteiger partial charge is 0.282 e. The standard InChI is InChI=1S/C14H9ClN2O2S/c15-12-4-1-10(2-5-12)9-20-14-7-11(8-16)3-6-13(14)17(18)19/h1-7H,9H2. The molecule has 0 bridgehead atoms. The van der Waals surface area contributed by atoms with E-state index in [1.165, 1.54) is 23.9 Å². The van der Waals surface area contributed by atoms with Crippen molar-refractivity contribution in [3.8, 4) is 6.07 Å². The van der Waals surface area contributed by atoms with Gasteiger partial charge in [0.15, 0.2) is 0 Å². The molecule has 0 saturated carbocycles. The van der Waals surface area contributed by atoms with Crippen molar-refractivity contribution in [2.75, 3.05) is 0 Å². The van der Waals surface area contributed by atoms with Crippen LogP contribution in [-0.2, 0) is 5.75 Å². The summed E-state index contributed by atoms with van der Waals surface area (Å²) in [4.78, 5) is 11.0. The molecule has 0 radical (unpaired) electrons. The molecule has 2 rings (SSSR count). The second-order valence-corrected chi connectivity index (χ2v) is 5.42. The molecular weight excluding hydrogens is 296 g/mol. The summed E-state index contributed by atoms with van der Waals surface area (Å²) >= 11 is 7.13. The Labute approximate surface area is 125 Å². The molecular formula is C14H9ClN2O2S. The molecule has 0 heterocycles. The number of nitriles is 1. The third-order valence-electron chi connectivity index (χ3n) is 2.59. The molecule has 0 aliphatic carbocycles. The Hall–Kier alpha value is -2.03. The van der Waals surface area contributed by atoms with E-state index in [2.05, 4.69) is 0 Å². The van der Waals surface area contributed by atoms with Gasteiger partial charge in [0.05, 0.1) is 21.5 Å². The van der Waals surface area contributed by atoms with E-state index in [0.29, 0.717) is 21.2 Å². The Kier molecular flexibility index (Phi) is 4.61. The van der Waals surface area contributed by atoms with Crippen LogP contribution in [0.5, 0.6) is 0 Å². The van der Waals surface area contributed by atoms with Crippen LogP contribution in [0.15, 0.2) is 47.4 Å². The van der Waals surface area contributed by atoms with Crippen molar-refractivity contribution < 1.29 is 4.92 Å². The van der Waals surface area contributed by atoms with Gasteiger partial charge in [-0.2, -0.15) is 5.26 Å². The predicted octanol–water partition coefficient (Wildman–Crippen LogP) is 4.41. The minimum Gasteiger partial charge on any atom is -0.258 e. The minimum absolute atomic E-state index is 0.0166. The lowest BCUT2D eigenvalue weighted by Gasteiger charge is -2.04. The fraction of sp³-hybridized carbons (Fsp3) is 0.0714. The van der Waals surface area contributed by atoms with Crippen LogP contribution in [0.4, 0.5) is 5.69 Å². The van der Waals surface area contributed by atoms with Crippen molar-refractivity contribution in [1.29, 1.82) is 5.26 Å². The van der Waals surface area contributed by atoms with E-state index < -0.39 is 4.92 Å². The topological polar surface area (TPSA) is 66.9 Å². The van der Waals surface area contributed by atoms with Crippen molar-refractivity contribution in [2.45, 2.75) is 10.6 Å². The third kappa shape index (κ3) is 3.50. The summed E-state index contributed by atoms with van der Waals surface area (Å²) in [6.07, 6.45) is 0. The summed E-state index contributed by atoms with van der Waals surface area (Å²) < 4.78 is 0. The van der Waals surface area contributed by atoms with Crippen molar-refractivity contribution in [1.82, 2.24) is 0 Å². The van der Waals surface area contributed by atoms with Crippen LogP contribution in [0.2, 0.25) is 5.02 Å². The number of nitro groups is 1. The Balaban J connectivity index is 2.21. The zero-order valence-electron chi connectivity index (χ0n) is 10.2. The Morgan fingerprint density at radius 1 is 1.25 bits per heavy atom. The predicted molar refractivity (Wildman–Crippen MR) is 78.8 cm³/mol. The molecule has 0 N–H and O–H groups in total. The van der Waals surface area contributed by atoms with Crippen molar-refractivity contribution in [2.24, 2.45) is 0 Å². The first-order chi connectivity index (χ1) is 9.60. The van der Waals surface area contributed by atoms with Crippen LogP contribution >= 0.6 is 23.4 Å². The molecule has 2 aromatic carbocycles. The second kappa shape index (κ2) is 6.42. The summed E-state index contributed by atoms with van der Waals surface area (Å²) in [7, 11) is 0. The number of thioether (sulfide) groups is 1. The number of nitro benzene ring substituents is 1. The van der Waals surface area contributed by atoms with E-state index in [1.54, 1.807) is 18.2 Å². The van der Waals surface area contributed by atoms with Crippen LogP contribution in [0.1, 0.15) is 11.1 Å². The quantitative estimate of drug-likeness (QED) is 0.476. The fourth-order valence-corrected chi connectivity index (χ4v) is 2.73. The first kappa shape index (κ1) is 14.4. The highest BCUT2D eigenvalue weighted by Gasteiger charge is 2.14. The lowest BCUT2D eigenvalue weighted by molar-refractivity contribution is -0.387. The number of rotatable bonds is 4. The lowest BCUT2D eigenvalue weighted by Crippen LogP contribution is -1.92. The highest BCUT2D eigenvalue weighted by atomic mass is 35.5. The Bertz CT molecular complexity index is 681. The Morgan fingerprint density at radius 2 is 1.95 bits per heavy atom. The SMILES string of the molecule is N#Cc1ccc([N+](=O)[O-])c(SCc2ccc(Cl)cc2)c1. The molecule has 0 saturated heterocycles. The molecule has 6 heteroatoms. The van der Waals surface area contributed by atoms with Gasteiger partial charge < -0.3 is 0 Å². The maximum absolute atomic E-state index is 11.0. The second-order valence-electron chi connectivity index (χ2n) is 3.97. The van der Waals surface area contributed by atoms with E-state index in [9.17, 15) is 10.1 Å². The molecule has 0 fully saturated rings. The fourth-order valence-electron chi connectivity index (χ4n) is 1.59. The summed E-state index contributed by atoms with van der Waals surface area (Å²) in [6, 6.07) is 13.6. The summed E-state index contributed by atoms with van der Waals surface area (Å²) in [5.41, 5.74) is 1.44. The van der Waals surface area contributed by atoms with Gasteiger partial charge >= 0.3 is 0 Å². The summed E-state index contributed by atoms with van der Waals surface area (Å²) in [5.74, 6) is 0.576. The van der Waals surface area contributed by atoms with Gasteiger partial charge in [-0.1, -0.05) is 23.7 Å². The molecule has 0 unspecified atom stereocenters. The van der Waals surface area contributed by atoms with Gasteiger partial charge in [0.25, 0.3) is 5.69 Å². The molecule has 4 nitrogen and oxygen atoms in total. The minimum atomic E-state index is -0.439. The molecule has 0 atom stereocenters. The van der Waals surface area contributed by atoms with Gasteiger partial charge in [0.1, 0.15) is 0 Å². The normalized spacial score (nSPS) is 10.0. The first-order valence-electron chi connectivity index (χ1n) is 5.66. The van der Waals surface area contributed by atoms with Gasteiger partial charge in [0.2, 0.25) is 0 Å². The van der Waals surface area contributed by atoms with Crippen LogP contribution in [0.3, 0.4) is 0 Å². The summed E-state index contributed by atoms with van der Waals surface area (Å²) in [6.45, 7) is 0. The molecule has 100 valence electrons. The maximum Gasteiger partial charge on any atom is 0.282 e. The van der Waals surface area contributed by atoms with Gasteiger partial charge in [0, 0.05) is 16.8 Å². The summed E-state index contributed by atoms with van der Waals surface area (Å²) in [5, 5.41) is 20.5. The molecule has 20 heavy (non-hydrogen) atoms.